The summed E-state index contributed by atoms with van der Waals surface area (Å²) >= 11 is 2.44. The van der Waals surface area contributed by atoms with E-state index in [1.165, 1.54) is 55.8 Å². The molecule has 1 N–H and O–H groups in total. The van der Waals surface area contributed by atoms with Crippen LogP contribution in [0, 0.1) is 24.7 Å². The van der Waals surface area contributed by atoms with Gasteiger partial charge in [-0.1, -0.05) is 59.3 Å². The summed E-state index contributed by atoms with van der Waals surface area (Å²) < 4.78 is 3.28. The number of alkyl halides is 1. The molecule has 1 aromatic heterocycles. The van der Waals surface area contributed by atoms with Crippen molar-refractivity contribution in [2.24, 2.45) is 17.8 Å². The van der Waals surface area contributed by atoms with Gasteiger partial charge in [-0.2, -0.15) is 5.10 Å². The van der Waals surface area contributed by atoms with Crippen LogP contribution in [-0.4, -0.2) is 25.7 Å². The van der Waals surface area contributed by atoms with Crippen LogP contribution in [0.15, 0.2) is 30.3 Å². The molecule has 1 aromatic carbocycles. The summed E-state index contributed by atoms with van der Waals surface area (Å²) in [6.07, 6.45) is 11.2. The van der Waals surface area contributed by atoms with E-state index in [4.69, 9.17) is 5.10 Å². The number of carbonyl (C=O) groups is 1. The lowest BCUT2D eigenvalue weighted by molar-refractivity contribution is -0.0168. The Hall–Kier alpha value is -1.37. The van der Waals surface area contributed by atoms with Crippen LogP contribution < -0.4 is 5.32 Å². The molecule has 4 nitrogen and oxygen atoms in total. The summed E-state index contributed by atoms with van der Waals surface area (Å²) in [5.41, 5.74) is 3.92. The Morgan fingerprint density at radius 3 is 2.32 bits per heavy atom. The number of rotatable bonds is 8. The molecular formula is C26H34IN3O. The van der Waals surface area contributed by atoms with Gasteiger partial charge in [0.1, 0.15) is 0 Å². The smallest absolute Gasteiger partial charge is 0.272 e. The zero-order valence-electron chi connectivity index (χ0n) is 18.6. The molecule has 0 atom stereocenters. The lowest BCUT2D eigenvalue weighted by Gasteiger charge is -2.56. The first-order valence-corrected chi connectivity index (χ1v) is 13.6. The highest BCUT2D eigenvalue weighted by Gasteiger charge is 2.51. The molecular weight excluding hydrogens is 497 g/mol. The van der Waals surface area contributed by atoms with Gasteiger partial charge < -0.3 is 5.32 Å². The fourth-order valence-corrected chi connectivity index (χ4v) is 7.53. The van der Waals surface area contributed by atoms with Gasteiger partial charge in [-0.05, 0) is 80.5 Å². The van der Waals surface area contributed by atoms with Crippen molar-refractivity contribution in [1.82, 2.24) is 15.1 Å². The number of unbranched alkanes of at least 4 members (excludes halogenated alkanes) is 2. The average Bonchev–Trinajstić information content (AvgIpc) is 3.07. The van der Waals surface area contributed by atoms with Crippen LogP contribution in [0.25, 0.3) is 11.3 Å². The van der Waals surface area contributed by atoms with E-state index < -0.39 is 0 Å². The minimum absolute atomic E-state index is 0.0231. The van der Waals surface area contributed by atoms with Crippen LogP contribution in [0.3, 0.4) is 0 Å². The molecule has 4 bridgehead atoms. The highest BCUT2D eigenvalue weighted by atomic mass is 127. The maximum Gasteiger partial charge on any atom is 0.272 e. The summed E-state index contributed by atoms with van der Waals surface area (Å²) in [5, 5.41) is 8.42. The Morgan fingerprint density at radius 1 is 1.06 bits per heavy atom. The molecule has 6 rings (SSSR count). The predicted octanol–water partition coefficient (Wildman–Crippen LogP) is 6.16. The van der Waals surface area contributed by atoms with Gasteiger partial charge in [-0.15, -0.1) is 0 Å². The summed E-state index contributed by atoms with van der Waals surface area (Å²) in [6.45, 7) is 2.94. The van der Waals surface area contributed by atoms with Crippen LogP contribution in [0.1, 0.15) is 73.8 Å². The molecule has 166 valence electrons. The zero-order valence-corrected chi connectivity index (χ0v) is 20.7. The van der Waals surface area contributed by atoms with E-state index in [1.807, 2.05) is 6.07 Å². The average molecular weight is 531 g/mol. The molecule has 1 amide bonds. The number of aryl methyl sites for hydroxylation is 1. The van der Waals surface area contributed by atoms with Gasteiger partial charge in [-0.25, -0.2) is 0 Å². The Bertz CT molecular complexity index is 900. The van der Waals surface area contributed by atoms with Gasteiger partial charge in [0.05, 0.1) is 5.69 Å². The number of benzene rings is 1. The molecule has 4 saturated carbocycles. The second-order valence-electron chi connectivity index (χ2n) is 10.3. The number of carbonyl (C=O) groups excluding carboxylic acids is 1. The van der Waals surface area contributed by atoms with Crippen LogP contribution in [-0.2, 0) is 6.54 Å². The maximum atomic E-state index is 13.5. The number of halogens is 1. The van der Waals surface area contributed by atoms with E-state index in [1.54, 1.807) is 0 Å². The van der Waals surface area contributed by atoms with Crippen molar-refractivity contribution in [1.29, 1.82) is 0 Å². The van der Waals surface area contributed by atoms with Crippen molar-refractivity contribution < 1.29 is 4.79 Å². The first-order chi connectivity index (χ1) is 15.1. The minimum atomic E-state index is 0.0231. The Kier molecular flexibility index (Phi) is 6.15. The van der Waals surface area contributed by atoms with Gasteiger partial charge in [0.15, 0.2) is 5.69 Å². The number of aromatic nitrogens is 2. The topological polar surface area (TPSA) is 46.9 Å². The summed E-state index contributed by atoms with van der Waals surface area (Å²) in [4.78, 5) is 13.5. The molecule has 0 spiro atoms. The molecule has 1 heterocycles. The van der Waals surface area contributed by atoms with E-state index in [0.29, 0.717) is 5.69 Å². The minimum Gasteiger partial charge on any atom is -0.345 e. The molecule has 2 aromatic rings. The second-order valence-corrected chi connectivity index (χ2v) is 11.4. The number of hydrogen-bond donors (Lipinski definition) is 1. The van der Waals surface area contributed by atoms with Crippen LogP contribution in [0.5, 0.6) is 0 Å². The molecule has 4 aliphatic carbocycles. The Morgan fingerprint density at radius 2 is 1.71 bits per heavy atom. The van der Waals surface area contributed by atoms with Gasteiger partial charge in [0.2, 0.25) is 0 Å². The largest absolute Gasteiger partial charge is 0.345 e. The normalized spacial score (nSPS) is 28.8. The van der Waals surface area contributed by atoms with E-state index >= 15 is 0 Å². The molecule has 5 heteroatoms. The lowest BCUT2D eigenvalue weighted by Crippen LogP contribution is -2.59. The van der Waals surface area contributed by atoms with Gasteiger partial charge in [0, 0.05) is 23.2 Å². The fourth-order valence-electron chi connectivity index (χ4n) is 6.99. The molecule has 0 aliphatic heterocycles. The predicted molar refractivity (Wildman–Crippen MR) is 134 cm³/mol. The SMILES string of the molecule is Cc1c(C(=O)NC23CC4CC(CC(C4)C2)C3)nn(CCCCCI)c1-c1ccccc1. The summed E-state index contributed by atoms with van der Waals surface area (Å²) in [6, 6.07) is 10.4. The highest BCUT2D eigenvalue weighted by molar-refractivity contribution is 14.1. The van der Waals surface area contributed by atoms with Gasteiger partial charge >= 0.3 is 0 Å². The molecule has 0 unspecified atom stereocenters. The number of amides is 1. The number of nitrogens with one attached hydrogen (secondary N) is 1. The van der Waals surface area contributed by atoms with Gasteiger partial charge in [-0.3, -0.25) is 9.48 Å². The Labute approximate surface area is 199 Å². The van der Waals surface area contributed by atoms with E-state index in [9.17, 15) is 4.79 Å². The fraction of sp³-hybridized carbons (Fsp3) is 0.615. The van der Waals surface area contributed by atoms with Crippen LogP contribution in [0.4, 0.5) is 0 Å². The molecule has 0 saturated heterocycles. The van der Waals surface area contributed by atoms with Crippen LogP contribution in [0.2, 0.25) is 0 Å². The number of hydrogen-bond acceptors (Lipinski definition) is 2. The molecule has 4 fully saturated rings. The third kappa shape index (κ3) is 4.31. The monoisotopic (exact) mass is 531 g/mol. The van der Waals surface area contributed by atoms with Crippen molar-refractivity contribution in [3.63, 3.8) is 0 Å². The highest BCUT2D eigenvalue weighted by Crippen LogP contribution is 2.55. The number of nitrogens with zero attached hydrogens (tertiary/aromatic N) is 2. The molecule has 31 heavy (non-hydrogen) atoms. The third-order valence-corrected chi connectivity index (χ3v) is 8.63. The first-order valence-electron chi connectivity index (χ1n) is 12.1. The van der Waals surface area contributed by atoms with E-state index in [-0.39, 0.29) is 11.4 Å². The van der Waals surface area contributed by atoms with Crippen molar-refractivity contribution >= 4 is 28.5 Å². The third-order valence-electron chi connectivity index (χ3n) is 7.87. The molecule has 4 aliphatic rings. The standard InChI is InChI=1S/C26H34IN3O/c1-18-23(25(31)28-26-15-19-12-20(16-26)14-21(13-19)17-26)29-30(11-7-3-6-10-27)24(18)22-8-4-2-5-9-22/h2,4-5,8-9,19-21H,3,6-7,10-17H2,1H3,(H,28,31). The van der Waals surface area contributed by atoms with Crippen molar-refractivity contribution in [3.8, 4) is 11.3 Å². The van der Waals surface area contributed by atoms with Gasteiger partial charge in [0.25, 0.3) is 5.91 Å². The molecule has 0 radical (unpaired) electrons. The zero-order chi connectivity index (χ0) is 21.4. The first kappa shape index (κ1) is 21.5. The van der Waals surface area contributed by atoms with E-state index in [0.717, 1.165) is 47.5 Å². The van der Waals surface area contributed by atoms with Crippen molar-refractivity contribution in [2.75, 3.05) is 4.43 Å². The maximum absolute atomic E-state index is 13.5. The summed E-state index contributed by atoms with van der Waals surface area (Å²) in [7, 11) is 0. The second kappa shape index (κ2) is 8.87. The van der Waals surface area contributed by atoms with E-state index in [2.05, 4.69) is 63.8 Å². The Balaban J connectivity index is 1.40. The lowest BCUT2D eigenvalue weighted by atomic mass is 9.53. The quantitative estimate of drug-likeness (QED) is 0.252. The summed E-state index contributed by atoms with van der Waals surface area (Å²) in [5.74, 6) is 2.51. The van der Waals surface area contributed by atoms with Crippen LogP contribution >= 0.6 is 22.6 Å². The van der Waals surface area contributed by atoms with Crippen molar-refractivity contribution in [3.05, 3.63) is 41.6 Å². The van der Waals surface area contributed by atoms with Crippen molar-refractivity contribution in [2.45, 2.75) is 76.8 Å².